The highest BCUT2D eigenvalue weighted by Crippen LogP contribution is 2.46. The lowest BCUT2D eigenvalue weighted by Gasteiger charge is -2.25. The van der Waals surface area contributed by atoms with E-state index in [1.807, 2.05) is 4.90 Å². The van der Waals surface area contributed by atoms with Crippen LogP contribution < -0.4 is 4.90 Å². The predicted molar refractivity (Wildman–Crippen MR) is 120 cm³/mol. The third-order valence-electron chi connectivity index (χ3n) is 5.45. The third-order valence-corrected chi connectivity index (χ3v) is 7.17. The van der Waals surface area contributed by atoms with Crippen LogP contribution in [0.1, 0.15) is 22.1 Å². The van der Waals surface area contributed by atoms with Gasteiger partial charge < -0.3 is 4.90 Å². The molecule has 0 saturated carbocycles. The summed E-state index contributed by atoms with van der Waals surface area (Å²) in [5.74, 6) is 0.380. The van der Waals surface area contributed by atoms with Gasteiger partial charge in [0.1, 0.15) is 17.2 Å². The number of rotatable bonds is 4. The van der Waals surface area contributed by atoms with E-state index in [-0.39, 0.29) is 29.7 Å². The Kier molecular flexibility index (Phi) is 4.83. The molecule has 2 aliphatic heterocycles. The van der Waals surface area contributed by atoms with Gasteiger partial charge in [0.2, 0.25) is 0 Å². The molecule has 5 rings (SSSR count). The van der Waals surface area contributed by atoms with Crippen molar-refractivity contribution in [3.8, 4) is 0 Å². The lowest BCUT2D eigenvalue weighted by molar-refractivity contribution is -0.119. The molecule has 2 aromatic carbocycles. The molecule has 1 aromatic heterocycles. The number of benzene rings is 2. The number of aryl methyl sites for hydroxylation is 1. The van der Waals surface area contributed by atoms with Crippen molar-refractivity contribution in [1.29, 1.82) is 0 Å². The molecule has 2 fully saturated rings. The van der Waals surface area contributed by atoms with Crippen LogP contribution in [0.4, 0.5) is 10.1 Å². The van der Waals surface area contributed by atoms with Gasteiger partial charge in [-0.1, -0.05) is 48.0 Å². The molecule has 5 nitrogen and oxygen atoms in total. The van der Waals surface area contributed by atoms with Crippen LogP contribution in [-0.2, 0) is 11.3 Å². The zero-order valence-corrected chi connectivity index (χ0v) is 17.9. The topological polar surface area (TPSA) is 41.4 Å². The lowest BCUT2D eigenvalue weighted by Crippen LogP contribution is -2.33. The number of carbonyl (C=O) groups excluding carboxylic acids is 1. The first kappa shape index (κ1) is 19.3. The Morgan fingerprint density at radius 3 is 2.73 bits per heavy atom. The second kappa shape index (κ2) is 7.52. The van der Waals surface area contributed by atoms with E-state index in [4.69, 9.17) is 12.2 Å². The van der Waals surface area contributed by atoms with Crippen LogP contribution in [0, 0.1) is 12.7 Å². The number of thiocarbonyl (C=S) groups is 1. The van der Waals surface area contributed by atoms with Gasteiger partial charge in [-0.15, -0.1) is 11.8 Å². The zero-order valence-electron chi connectivity index (χ0n) is 16.2. The third kappa shape index (κ3) is 3.20. The van der Waals surface area contributed by atoms with Crippen LogP contribution in [0.25, 0.3) is 0 Å². The number of amides is 1. The number of aromatic nitrogens is 2. The van der Waals surface area contributed by atoms with Crippen molar-refractivity contribution >= 4 is 40.7 Å². The van der Waals surface area contributed by atoms with Gasteiger partial charge in [-0.3, -0.25) is 14.4 Å². The van der Waals surface area contributed by atoms with Gasteiger partial charge in [0, 0.05) is 17.5 Å². The lowest BCUT2D eigenvalue weighted by atomic mass is 10.1. The molecule has 2 unspecified atom stereocenters. The highest BCUT2D eigenvalue weighted by molar-refractivity contribution is 7.99. The molecule has 3 aromatic rings. The molecule has 30 heavy (non-hydrogen) atoms. The fraction of sp³-hybridized carbons (Fsp3) is 0.227. The van der Waals surface area contributed by atoms with Gasteiger partial charge in [-0.2, -0.15) is 5.10 Å². The van der Waals surface area contributed by atoms with Gasteiger partial charge in [0.05, 0.1) is 18.4 Å². The van der Waals surface area contributed by atoms with E-state index in [0.717, 1.165) is 5.56 Å². The molecule has 8 heteroatoms. The highest BCUT2D eigenvalue weighted by Gasteiger charge is 2.51. The summed E-state index contributed by atoms with van der Waals surface area (Å²) in [4.78, 5) is 16.7. The smallest absolute Gasteiger partial charge is 0.257 e. The Balaban J connectivity index is 1.39. The maximum Gasteiger partial charge on any atom is 0.257 e. The maximum absolute atomic E-state index is 14.0. The molecule has 0 N–H and O–H groups in total. The van der Waals surface area contributed by atoms with E-state index in [9.17, 15) is 9.18 Å². The van der Waals surface area contributed by atoms with Gasteiger partial charge in [-0.25, -0.2) is 4.39 Å². The SMILES string of the molecule is Cc1ccc(C2SCC3C(=O)N(c4cnn(Cc5ccccc5F)c4)C(=S)N32)cc1. The first-order chi connectivity index (χ1) is 14.5. The Bertz CT molecular complexity index is 1130. The van der Waals surface area contributed by atoms with Crippen molar-refractivity contribution < 1.29 is 9.18 Å². The van der Waals surface area contributed by atoms with Crippen LogP contribution >= 0.6 is 24.0 Å². The number of halogens is 1. The first-order valence-corrected chi connectivity index (χ1v) is 11.1. The molecule has 0 aliphatic carbocycles. The average molecular weight is 439 g/mol. The summed E-state index contributed by atoms with van der Waals surface area (Å²) in [7, 11) is 0. The Morgan fingerprint density at radius 1 is 1.20 bits per heavy atom. The van der Waals surface area contributed by atoms with Crippen molar-refractivity contribution in [3.05, 3.63) is 83.4 Å². The van der Waals surface area contributed by atoms with Crippen molar-refractivity contribution in [2.24, 2.45) is 0 Å². The second-order valence-corrected chi connectivity index (χ2v) is 8.94. The number of hydrogen-bond acceptors (Lipinski definition) is 4. The Hall–Kier alpha value is -2.71. The monoisotopic (exact) mass is 438 g/mol. The molecule has 3 heterocycles. The molecular weight excluding hydrogens is 419 g/mol. The van der Waals surface area contributed by atoms with Crippen molar-refractivity contribution in [3.63, 3.8) is 0 Å². The highest BCUT2D eigenvalue weighted by atomic mass is 32.2. The van der Waals surface area contributed by atoms with E-state index < -0.39 is 0 Å². The van der Waals surface area contributed by atoms with Gasteiger partial charge in [0.25, 0.3) is 5.91 Å². The number of fused-ring (bicyclic) bond motifs is 1. The summed E-state index contributed by atoms with van der Waals surface area (Å²) < 4.78 is 15.6. The molecule has 1 amide bonds. The van der Waals surface area contributed by atoms with Gasteiger partial charge in [-0.05, 0) is 30.8 Å². The van der Waals surface area contributed by atoms with E-state index in [1.165, 1.54) is 11.6 Å². The maximum atomic E-state index is 14.0. The van der Waals surface area contributed by atoms with Crippen molar-refractivity contribution in [2.45, 2.75) is 24.9 Å². The summed E-state index contributed by atoms with van der Waals surface area (Å²) in [6, 6.07) is 14.7. The van der Waals surface area contributed by atoms with Crippen molar-refractivity contribution in [1.82, 2.24) is 14.7 Å². The summed E-state index contributed by atoms with van der Waals surface area (Å²) in [6.07, 6.45) is 3.36. The minimum absolute atomic E-state index is 0.0190. The van der Waals surface area contributed by atoms with Gasteiger partial charge in [0.15, 0.2) is 5.11 Å². The first-order valence-electron chi connectivity index (χ1n) is 9.63. The summed E-state index contributed by atoms with van der Waals surface area (Å²) >= 11 is 7.46. The van der Waals surface area contributed by atoms with Crippen LogP contribution in [0.15, 0.2) is 60.9 Å². The minimum atomic E-state index is -0.277. The van der Waals surface area contributed by atoms with Crippen LogP contribution in [0.2, 0.25) is 0 Å². The van der Waals surface area contributed by atoms with Gasteiger partial charge >= 0.3 is 0 Å². The molecular formula is C22H19FN4OS2. The van der Waals surface area contributed by atoms with E-state index in [2.05, 4.69) is 36.3 Å². The summed E-state index contributed by atoms with van der Waals surface area (Å²) in [5, 5.41) is 4.83. The summed E-state index contributed by atoms with van der Waals surface area (Å²) in [6.45, 7) is 2.34. The van der Waals surface area contributed by atoms with Crippen molar-refractivity contribution in [2.75, 3.05) is 10.7 Å². The fourth-order valence-corrected chi connectivity index (χ4v) is 5.79. The molecule has 0 bridgehead atoms. The second-order valence-electron chi connectivity index (χ2n) is 7.46. The normalized spacial score (nSPS) is 20.9. The molecule has 0 radical (unpaired) electrons. The van der Waals surface area contributed by atoms with E-state index >= 15 is 0 Å². The summed E-state index contributed by atoms with van der Waals surface area (Å²) in [5.41, 5.74) is 3.49. The molecule has 2 saturated heterocycles. The molecule has 152 valence electrons. The quantitative estimate of drug-likeness (QED) is 0.573. The van der Waals surface area contributed by atoms with Crippen LogP contribution in [-0.4, -0.2) is 37.5 Å². The zero-order chi connectivity index (χ0) is 20.8. The van der Waals surface area contributed by atoms with Crippen LogP contribution in [0.5, 0.6) is 0 Å². The predicted octanol–water partition coefficient (Wildman–Crippen LogP) is 4.13. The minimum Gasteiger partial charge on any atom is -0.319 e. The molecule has 2 aliphatic rings. The number of carbonyl (C=O) groups is 1. The molecule has 2 atom stereocenters. The standard InChI is InChI=1S/C22H19FN4OS2/c1-14-6-8-15(9-7-14)21-27-19(13-30-21)20(28)26(22(27)29)17-10-24-25(12-17)11-16-4-2-3-5-18(16)23/h2-10,12,19,21H,11,13H2,1H3. The Morgan fingerprint density at radius 2 is 1.97 bits per heavy atom. The fourth-order valence-electron chi connectivity index (χ4n) is 3.87. The number of hydrogen-bond donors (Lipinski definition) is 0. The van der Waals surface area contributed by atoms with Crippen LogP contribution in [0.3, 0.4) is 0 Å². The number of nitrogens with zero attached hydrogens (tertiary/aromatic N) is 4. The number of thioether (sulfide) groups is 1. The largest absolute Gasteiger partial charge is 0.319 e. The average Bonchev–Trinajstić information content (AvgIpc) is 3.42. The van der Waals surface area contributed by atoms with E-state index in [1.54, 1.807) is 51.9 Å². The molecule has 0 spiro atoms. The number of anilines is 1. The van der Waals surface area contributed by atoms with E-state index in [0.29, 0.717) is 22.1 Å². The Labute approximate surface area is 183 Å².